The molecule has 1 aromatic heterocycles. The number of likely N-dealkylation sites (tertiary alicyclic amines) is 1. The lowest BCUT2D eigenvalue weighted by Crippen LogP contribution is -2.44. The van der Waals surface area contributed by atoms with Crippen LogP contribution < -0.4 is 10.1 Å². The number of aromatic nitrogens is 3. The van der Waals surface area contributed by atoms with Gasteiger partial charge in [0.2, 0.25) is 10.7 Å². The third-order valence-electron chi connectivity index (χ3n) is 5.58. The Morgan fingerprint density at radius 3 is 3.00 bits per heavy atom. The Kier molecular flexibility index (Phi) is 6.22. The number of hydrogen-bond donors (Lipinski definition) is 2. The molecule has 1 amide bonds. The van der Waals surface area contributed by atoms with Gasteiger partial charge >= 0.3 is 0 Å². The number of ether oxygens (including phenoxy) is 1. The second-order valence-electron chi connectivity index (χ2n) is 7.87. The van der Waals surface area contributed by atoms with Crippen molar-refractivity contribution in [3.8, 4) is 17.1 Å². The normalized spacial score (nSPS) is 19.9. The van der Waals surface area contributed by atoms with Crippen LogP contribution in [-0.2, 0) is 11.5 Å². The van der Waals surface area contributed by atoms with Crippen molar-refractivity contribution in [2.24, 2.45) is 11.8 Å². The monoisotopic (exact) mass is 435 g/mol. The minimum Gasteiger partial charge on any atom is -0.496 e. The third kappa shape index (κ3) is 4.99. The fourth-order valence-electron chi connectivity index (χ4n) is 3.75. The summed E-state index contributed by atoms with van der Waals surface area (Å²) in [5.74, 6) is 2.20. The molecule has 1 saturated carbocycles. The highest BCUT2D eigenvalue weighted by Gasteiger charge is 2.28. The molecule has 1 atom stereocenters. The first-order valence-electron chi connectivity index (χ1n) is 10.0. The van der Waals surface area contributed by atoms with Crippen molar-refractivity contribution >= 4 is 29.7 Å². The van der Waals surface area contributed by atoms with Crippen LogP contribution in [0.15, 0.2) is 18.2 Å². The number of nitrogens with one attached hydrogen (secondary N) is 2. The van der Waals surface area contributed by atoms with Crippen molar-refractivity contribution in [3.63, 3.8) is 0 Å². The quantitative estimate of drug-likeness (QED) is 0.651. The van der Waals surface area contributed by atoms with Gasteiger partial charge in [-0.1, -0.05) is 11.6 Å². The van der Waals surface area contributed by atoms with Gasteiger partial charge in [-0.25, -0.2) is 4.68 Å². The molecule has 2 heterocycles. The van der Waals surface area contributed by atoms with Gasteiger partial charge in [0.1, 0.15) is 5.75 Å². The summed E-state index contributed by atoms with van der Waals surface area (Å²) in [6.07, 6.45) is 4.42. The van der Waals surface area contributed by atoms with Crippen molar-refractivity contribution < 1.29 is 9.53 Å². The van der Waals surface area contributed by atoms with Crippen molar-refractivity contribution in [1.82, 2.24) is 25.0 Å². The molecule has 2 aromatic rings. The highest BCUT2D eigenvalue weighted by atomic mass is 35.5. The number of methoxy groups -OCH3 is 1. The first-order valence-corrected chi connectivity index (χ1v) is 10.8. The summed E-state index contributed by atoms with van der Waals surface area (Å²) in [5, 5.41) is 6.98. The smallest absolute Gasteiger partial charge is 0.224 e. The summed E-state index contributed by atoms with van der Waals surface area (Å²) in [4.78, 5) is 19.2. The molecule has 156 valence electrons. The zero-order valence-corrected chi connectivity index (χ0v) is 18.1. The second-order valence-corrected chi connectivity index (χ2v) is 8.68. The zero-order chi connectivity index (χ0) is 20.4. The minimum atomic E-state index is 0.0343. The maximum absolute atomic E-state index is 12.5. The van der Waals surface area contributed by atoms with E-state index in [9.17, 15) is 4.79 Å². The molecule has 1 saturated heterocycles. The first-order chi connectivity index (χ1) is 14.0. The molecule has 2 aliphatic rings. The number of carbonyl (C=O) groups is 1. The number of benzene rings is 1. The van der Waals surface area contributed by atoms with Crippen LogP contribution in [0, 0.1) is 16.6 Å². The third-order valence-corrected chi connectivity index (χ3v) is 6.12. The predicted octanol–water partition coefficient (Wildman–Crippen LogP) is 3.47. The van der Waals surface area contributed by atoms with Crippen LogP contribution >= 0.6 is 23.8 Å². The molecular formula is C20H26ClN5O2S. The van der Waals surface area contributed by atoms with Crippen LogP contribution in [0.3, 0.4) is 0 Å². The molecular weight excluding hydrogens is 410 g/mol. The van der Waals surface area contributed by atoms with E-state index in [0.717, 1.165) is 38.0 Å². The molecule has 0 spiro atoms. The number of nitrogens with zero attached hydrogens (tertiary/aromatic N) is 3. The van der Waals surface area contributed by atoms with Crippen molar-refractivity contribution in [2.75, 3.05) is 26.7 Å². The predicted molar refractivity (Wildman–Crippen MR) is 114 cm³/mol. The Bertz CT molecular complexity index is 939. The number of aromatic amines is 1. The van der Waals surface area contributed by atoms with Crippen LogP contribution in [0.4, 0.5) is 0 Å². The Labute approximate surface area is 180 Å². The maximum atomic E-state index is 12.5. The Balaban J connectivity index is 1.43. The molecule has 29 heavy (non-hydrogen) atoms. The van der Waals surface area contributed by atoms with Gasteiger partial charge in [0.15, 0.2) is 5.82 Å². The molecule has 0 bridgehead atoms. The largest absolute Gasteiger partial charge is 0.496 e. The number of rotatable bonds is 7. The molecule has 2 N–H and O–H groups in total. The number of hydrogen-bond acceptors (Lipinski definition) is 5. The highest BCUT2D eigenvalue weighted by Crippen LogP contribution is 2.30. The minimum absolute atomic E-state index is 0.0343. The zero-order valence-electron chi connectivity index (χ0n) is 16.5. The van der Waals surface area contributed by atoms with Crippen LogP contribution in [0.1, 0.15) is 25.7 Å². The summed E-state index contributed by atoms with van der Waals surface area (Å²) in [6, 6.07) is 5.39. The highest BCUT2D eigenvalue weighted by molar-refractivity contribution is 7.71. The summed E-state index contributed by atoms with van der Waals surface area (Å²) in [7, 11) is 1.61. The average molecular weight is 436 g/mol. The standard InChI is InChI=1S/C20H26ClN5O2S/c1-28-17-7-6-15(21)9-16(17)18-23-20(29)26(24-18)12-25-8-2-3-14(11-25)19(27)22-10-13-4-5-13/h6-7,9,13-14H,2-5,8,10-12H2,1H3,(H,22,27)(H,23,24,29). The topological polar surface area (TPSA) is 75.2 Å². The molecule has 1 aliphatic heterocycles. The molecule has 1 aromatic carbocycles. The van der Waals surface area contributed by atoms with Crippen molar-refractivity contribution in [2.45, 2.75) is 32.4 Å². The van der Waals surface area contributed by atoms with Crippen LogP contribution in [0.25, 0.3) is 11.4 Å². The molecule has 1 unspecified atom stereocenters. The van der Waals surface area contributed by atoms with E-state index in [1.165, 1.54) is 12.8 Å². The fourth-order valence-corrected chi connectivity index (χ4v) is 4.11. The van der Waals surface area contributed by atoms with E-state index in [1.807, 2.05) is 10.7 Å². The van der Waals surface area contributed by atoms with Crippen LogP contribution in [0.5, 0.6) is 5.75 Å². The Morgan fingerprint density at radius 2 is 2.24 bits per heavy atom. The van der Waals surface area contributed by atoms with Crippen LogP contribution in [0.2, 0.25) is 5.02 Å². The van der Waals surface area contributed by atoms with E-state index in [-0.39, 0.29) is 11.8 Å². The van der Waals surface area contributed by atoms with Crippen molar-refractivity contribution in [1.29, 1.82) is 0 Å². The van der Waals surface area contributed by atoms with E-state index < -0.39 is 0 Å². The number of carbonyl (C=O) groups excluding carboxylic acids is 1. The summed E-state index contributed by atoms with van der Waals surface area (Å²) in [5.41, 5.74) is 0.765. The molecule has 0 radical (unpaired) electrons. The van der Waals surface area contributed by atoms with Gasteiger partial charge in [-0.2, -0.15) is 4.98 Å². The van der Waals surface area contributed by atoms with Gasteiger partial charge in [0.05, 0.1) is 25.3 Å². The fraction of sp³-hybridized carbons (Fsp3) is 0.550. The van der Waals surface area contributed by atoms with Gasteiger partial charge in [0, 0.05) is 18.1 Å². The number of amides is 1. The number of piperidine rings is 1. The van der Waals surface area contributed by atoms with Gasteiger partial charge in [-0.3, -0.25) is 14.8 Å². The van der Waals surface area contributed by atoms with Gasteiger partial charge in [-0.05, 0) is 68.6 Å². The molecule has 9 heteroatoms. The number of H-pyrrole nitrogens is 1. The summed E-state index contributed by atoms with van der Waals surface area (Å²) >= 11 is 11.6. The second kappa shape index (κ2) is 8.85. The van der Waals surface area contributed by atoms with E-state index in [4.69, 9.17) is 28.6 Å². The van der Waals surface area contributed by atoms with Crippen LogP contribution in [-0.4, -0.2) is 52.3 Å². The molecule has 7 nitrogen and oxygen atoms in total. The van der Waals surface area contributed by atoms with Gasteiger partial charge in [0.25, 0.3) is 0 Å². The summed E-state index contributed by atoms with van der Waals surface area (Å²) in [6.45, 7) is 3.06. The van der Waals surface area contributed by atoms with E-state index in [0.29, 0.717) is 34.0 Å². The van der Waals surface area contributed by atoms with Gasteiger partial charge < -0.3 is 10.1 Å². The molecule has 2 fully saturated rings. The SMILES string of the molecule is COc1ccc(Cl)cc1-c1nc(=S)n(CN2CCCC(C(=O)NCC3CC3)C2)[nH]1. The Morgan fingerprint density at radius 1 is 1.41 bits per heavy atom. The molecule has 1 aliphatic carbocycles. The van der Waals surface area contributed by atoms with E-state index in [1.54, 1.807) is 19.2 Å². The van der Waals surface area contributed by atoms with Crippen molar-refractivity contribution in [3.05, 3.63) is 28.0 Å². The average Bonchev–Trinajstić information content (AvgIpc) is 3.49. The lowest BCUT2D eigenvalue weighted by molar-refractivity contribution is -0.127. The van der Waals surface area contributed by atoms with E-state index in [2.05, 4.69) is 20.3 Å². The lowest BCUT2D eigenvalue weighted by atomic mass is 9.97. The Hall–Kier alpha value is -1.90. The maximum Gasteiger partial charge on any atom is 0.224 e. The summed E-state index contributed by atoms with van der Waals surface area (Å²) < 4.78 is 7.71. The number of halogens is 1. The lowest BCUT2D eigenvalue weighted by Gasteiger charge is -2.31. The van der Waals surface area contributed by atoms with Gasteiger partial charge in [-0.15, -0.1) is 0 Å². The van der Waals surface area contributed by atoms with E-state index >= 15 is 0 Å². The molecule has 4 rings (SSSR count). The first kappa shape index (κ1) is 20.4.